The molecule has 2 aromatic carbocycles. The van der Waals surface area contributed by atoms with Crippen LogP contribution >= 0.6 is 0 Å². The number of benzene rings is 2. The zero-order chi connectivity index (χ0) is 18.1. The van der Waals surface area contributed by atoms with Crippen molar-refractivity contribution in [3.05, 3.63) is 60.6 Å². The second-order valence-electron chi connectivity index (χ2n) is 6.30. The van der Waals surface area contributed by atoms with Crippen LogP contribution in [0.3, 0.4) is 0 Å². The Labute approximate surface area is 152 Å². The molecule has 0 bridgehead atoms. The minimum absolute atomic E-state index is 0.140. The quantitative estimate of drug-likeness (QED) is 0.785. The minimum atomic E-state index is -0.140. The summed E-state index contributed by atoms with van der Waals surface area (Å²) in [6.07, 6.45) is 4.42. The third kappa shape index (κ3) is 2.90. The smallest absolute Gasteiger partial charge is 0.326 e. The van der Waals surface area contributed by atoms with Crippen molar-refractivity contribution in [2.75, 3.05) is 23.9 Å². The first-order chi connectivity index (χ1) is 12.7. The Hall–Kier alpha value is -3.28. The lowest BCUT2D eigenvalue weighted by Gasteiger charge is -2.19. The number of carbonyl (C=O) groups excluding carboxylic acids is 1. The van der Waals surface area contributed by atoms with Gasteiger partial charge in [-0.2, -0.15) is 0 Å². The van der Waals surface area contributed by atoms with E-state index in [1.165, 1.54) is 0 Å². The summed E-state index contributed by atoms with van der Waals surface area (Å²) in [7, 11) is 3.58. The van der Waals surface area contributed by atoms with E-state index < -0.39 is 0 Å². The molecule has 0 saturated carbocycles. The number of hydrogen-bond acceptors (Lipinski definition) is 3. The molecular weight excluding hydrogens is 328 g/mol. The lowest BCUT2D eigenvalue weighted by atomic mass is 10.1. The number of urea groups is 1. The molecule has 2 amide bonds. The number of nitrogens with one attached hydrogen (secondary N) is 1. The van der Waals surface area contributed by atoms with E-state index in [4.69, 9.17) is 4.74 Å². The molecule has 2 heterocycles. The molecule has 0 spiro atoms. The van der Waals surface area contributed by atoms with E-state index in [1.54, 1.807) is 18.3 Å². The van der Waals surface area contributed by atoms with Gasteiger partial charge in [0.2, 0.25) is 0 Å². The third-order valence-corrected chi connectivity index (χ3v) is 4.66. The number of aryl methyl sites for hydroxylation is 1. The highest BCUT2D eigenvalue weighted by molar-refractivity contribution is 6.03. The number of fused-ring (bicyclic) bond motifs is 1. The summed E-state index contributed by atoms with van der Waals surface area (Å²) in [6, 6.07) is 13.5. The van der Waals surface area contributed by atoms with Crippen LogP contribution in [0.5, 0.6) is 5.75 Å². The average Bonchev–Trinajstić information content (AvgIpc) is 3.27. The number of ether oxygens (including phenoxy) is 1. The van der Waals surface area contributed by atoms with E-state index in [9.17, 15) is 4.79 Å². The van der Waals surface area contributed by atoms with Gasteiger partial charge in [-0.1, -0.05) is 18.2 Å². The monoisotopic (exact) mass is 348 g/mol. The van der Waals surface area contributed by atoms with Gasteiger partial charge in [-0.3, -0.25) is 4.90 Å². The van der Waals surface area contributed by atoms with Crippen LogP contribution in [-0.4, -0.2) is 29.2 Å². The maximum absolute atomic E-state index is 12.8. The van der Waals surface area contributed by atoms with Gasteiger partial charge in [0, 0.05) is 30.9 Å². The number of methoxy groups -OCH3 is 1. The zero-order valence-corrected chi connectivity index (χ0v) is 14.8. The topological polar surface area (TPSA) is 59.4 Å². The summed E-state index contributed by atoms with van der Waals surface area (Å²) in [5.74, 6) is 0.752. The molecule has 6 heteroatoms. The van der Waals surface area contributed by atoms with Crippen molar-refractivity contribution in [1.82, 2.24) is 9.55 Å². The lowest BCUT2D eigenvalue weighted by molar-refractivity contribution is 0.257. The molecule has 132 valence electrons. The molecular formula is C20H20N4O2. The van der Waals surface area contributed by atoms with Crippen LogP contribution in [0.25, 0.3) is 11.3 Å². The molecule has 0 saturated heterocycles. The number of nitrogens with zero attached hydrogens (tertiary/aromatic N) is 3. The second kappa shape index (κ2) is 6.55. The van der Waals surface area contributed by atoms with Crippen LogP contribution in [0.4, 0.5) is 16.2 Å². The third-order valence-electron chi connectivity index (χ3n) is 4.66. The second-order valence-corrected chi connectivity index (χ2v) is 6.30. The maximum Gasteiger partial charge on any atom is 0.326 e. The summed E-state index contributed by atoms with van der Waals surface area (Å²) < 4.78 is 7.24. The molecule has 1 aliphatic rings. The molecule has 1 aliphatic heterocycles. The fraction of sp³-hybridized carbons (Fsp3) is 0.200. The van der Waals surface area contributed by atoms with Gasteiger partial charge in [0.05, 0.1) is 31.0 Å². The average molecular weight is 348 g/mol. The Morgan fingerprint density at radius 1 is 1.23 bits per heavy atom. The normalized spacial score (nSPS) is 12.8. The van der Waals surface area contributed by atoms with Gasteiger partial charge in [0.25, 0.3) is 0 Å². The summed E-state index contributed by atoms with van der Waals surface area (Å²) in [5, 5.41) is 3.00. The van der Waals surface area contributed by atoms with Crippen molar-refractivity contribution in [1.29, 1.82) is 0 Å². The molecule has 26 heavy (non-hydrogen) atoms. The maximum atomic E-state index is 12.8. The predicted molar refractivity (Wildman–Crippen MR) is 102 cm³/mol. The fourth-order valence-corrected chi connectivity index (χ4v) is 3.28. The molecule has 4 rings (SSSR count). The highest BCUT2D eigenvalue weighted by atomic mass is 16.5. The Balaban J connectivity index is 1.56. The predicted octanol–water partition coefficient (Wildman–Crippen LogP) is 3.69. The van der Waals surface area contributed by atoms with Gasteiger partial charge >= 0.3 is 6.03 Å². The standard InChI is InChI=1S/C20H20N4O2/c1-23-13-21-12-19(23)15-4-3-5-16(10-15)22-20(25)24-9-8-14-6-7-17(26-2)11-18(14)24/h3-7,10-13H,8-9H2,1-2H3,(H,22,25). The van der Waals surface area contributed by atoms with Crippen LogP contribution in [0.15, 0.2) is 55.0 Å². The number of amides is 2. The van der Waals surface area contributed by atoms with Crippen LogP contribution in [0, 0.1) is 0 Å². The van der Waals surface area contributed by atoms with E-state index in [2.05, 4.69) is 10.3 Å². The molecule has 0 unspecified atom stereocenters. The van der Waals surface area contributed by atoms with E-state index in [0.717, 1.165) is 40.4 Å². The van der Waals surface area contributed by atoms with Crippen molar-refractivity contribution in [2.45, 2.75) is 6.42 Å². The number of rotatable bonds is 3. The number of carbonyl (C=O) groups is 1. The van der Waals surface area contributed by atoms with E-state index in [-0.39, 0.29) is 6.03 Å². The van der Waals surface area contributed by atoms with Crippen LogP contribution in [0.1, 0.15) is 5.56 Å². The molecule has 1 N–H and O–H groups in total. The molecule has 0 fully saturated rings. The molecule has 6 nitrogen and oxygen atoms in total. The van der Waals surface area contributed by atoms with Gasteiger partial charge in [-0.05, 0) is 30.2 Å². The van der Waals surface area contributed by atoms with Crippen molar-refractivity contribution in [3.63, 3.8) is 0 Å². The van der Waals surface area contributed by atoms with Gasteiger partial charge in [0.15, 0.2) is 0 Å². The summed E-state index contributed by atoms with van der Waals surface area (Å²) in [6.45, 7) is 0.662. The Morgan fingerprint density at radius 3 is 2.88 bits per heavy atom. The Morgan fingerprint density at radius 2 is 2.12 bits per heavy atom. The summed E-state index contributed by atoms with van der Waals surface area (Å²) >= 11 is 0. The Kier molecular flexibility index (Phi) is 4.08. The largest absolute Gasteiger partial charge is 0.497 e. The van der Waals surface area contributed by atoms with Crippen molar-refractivity contribution < 1.29 is 9.53 Å². The van der Waals surface area contributed by atoms with Gasteiger partial charge in [0.1, 0.15) is 5.75 Å². The first kappa shape index (κ1) is 16.2. The van der Waals surface area contributed by atoms with E-state index in [1.807, 2.05) is 60.3 Å². The molecule has 0 radical (unpaired) electrons. The number of anilines is 2. The van der Waals surface area contributed by atoms with Crippen LogP contribution < -0.4 is 15.0 Å². The highest BCUT2D eigenvalue weighted by Crippen LogP contribution is 2.32. The molecule has 0 aliphatic carbocycles. The van der Waals surface area contributed by atoms with Crippen LogP contribution in [-0.2, 0) is 13.5 Å². The van der Waals surface area contributed by atoms with Gasteiger partial charge < -0.3 is 14.6 Å². The van der Waals surface area contributed by atoms with Gasteiger partial charge in [-0.15, -0.1) is 0 Å². The molecule has 0 atom stereocenters. The van der Waals surface area contributed by atoms with Crippen molar-refractivity contribution >= 4 is 17.4 Å². The van der Waals surface area contributed by atoms with E-state index >= 15 is 0 Å². The Bertz CT molecular complexity index is 964. The summed E-state index contributed by atoms with van der Waals surface area (Å²) in [4.78, 5) is 18.7. The van der Waals surface area contributed by atoms with Crippen LogP contribution in [0.2, 0.25) is 0 Å². The van der Waals surface area contributed by atoms with E-state index in [0.29, 0.717) is 6.54 Å². The van der Waals surface area contributed by atoms with Gasteiger partial charge in [-0.25, -0.2) is 9.78 Å². The minimum Gasteiger partial charge on any atom is -0.497 e. The molecule has 1 aromatic heterocycles. The highest BCUT2D eigenvalue weighted by Gasteiger charge is 2.25. The summed E-state index contributed by atoms with van der Waals surface area (Å²) in [5.41, 5.74) is 4.82. The SMILES string of the molecule is COc1ccc2c(c1)N(C(=O)Nc1cccc(-c3cncn3C)c1)CC2. The zero-order valence-electron chi connectivity index (χ0n) is 14.8. The van der Waals surface area contributed by atoms with Crippen molar-refractivity contribution in [3.8, 4) is 17.0 Å². The van der Waals surface area contributed by atoms with Crippen molar-refractivity contribution in [2.24, 2.45) is 7.05 Å². The first-order valence-corrected chi connectivity index (χ1v) is 8.48. The number of aromatic nitrogens is 2. The lowest BCUT2D eigenvalue weighted by Crippen LogP contribution is -2.33. The first-order valence-electron chi connectivity index (χ1n) is 8.48. The number of imidazole rings is 1. The molecule has 3 aromatic rings. The fourth-order valence-electron chi connectivity index (χ4n) is 3.28. The number of hydrogen-bond donors (Lipinski definition) is 1.